The molecule has 0 heterocycles. The maximum absolute atomic E-state index is 11.4. The number of hydrogen-bond acceptors (Lipinski definition) is 2. The number of carbonyl (C=O) groups is 1. The molecule has 0 aliphatic carbocycles. The Balaban J connectivity index is 2.35. The Morgan fingerprint density at radius 1 is 1.44 bits per heavy atom. The molecule has 16 heavy (non-hydrogen) atoms. The van der Waals surface area contributed by atoms with Gasteiger partial charge in [0.15, 0.2) is 0 Å². The van der Waals surface area contributed by atoms with Crippen LogP contribution in [-0.2, 0) is 11.3 Å². The number of hydrogen-bond donors (Lipinski definition) is 2. The first-order valence-corrected chi connectivity index (χ1v) is 5.59. The van der Waals surface area contributed by atoms with Crippen LogP contribution in [0.2, 0.25) is 0 Å². The first-order valence-electron chi connectivity index (χ1n) is 5.59. The molecule has 0 bridgehead atoms. The summed E-state index contributed by atoms with van der Waals surface area (Å²) >= 11 is 0. The lowest BCUT2D eigenvalue weighted by molar-refractivity contribution is -0.121. The highest BCUT2D eigenvalue weighted by molar-refractivity contribution is 5.75. The Kier molecular flexibility index (Phi) is 4.99. The van der Waals surface area contributed by atoms with Crippen molar-refractivity contribution < 1.29 is 9.90 Å². The van der Waals surface area contributed by atoms with Gasteiger partial charge in [0.25, 0.3) is 0 Å². The highest BCUT2D eigenvalue weighted by Gasteiger charge is 2.04. The van der Waals surface area contributed by atoms with Crippen LogP contribution in [0.15, 0.2) is 24.3 Å². The zero-order valence-electron chi connectivity index (χ0n) is 9.86. The molecule has 1 unspecified atom stereocenters. The van der Waals surface area contributed by atoms with Gasteiger partial charge in [0.05, 0.1) is 6.10 Å². The minimum atomic E-state index is -0.413. The van der Waals surface area contributed by atoms with Gasteiger partial charge in [-0.1, -0.05) is 24.3 Å². The Morgan fingerprint density at radius 3 is 2.75 bits per heavy atom. The lowest BCUT2D eigenvalue weighted by Gasteiger charge is -2.08. The van der Waals surface area contributed by atoms with Crippen molar-refractivity contribution in [3.63, 3.8) is 0 Å². The average molecular weight is 221 g/mol. The van der Waals surface area contributed by atoms with Crippen molar-refractivity contribution in [1.82, 2.24) is 5.32 Å². The fourth-order valence-electron chi connectivity index (χ4n) is 1.43. The van der Waals surface area contributed by atoms with Gasteiger partial charge in [0.1, 0.15) is 0 Å². The van der Waals surface area contributed by atoms with E-state index in [1.807, 2.05) is 31.2 Å². The zero-order chi connectivity index (χ0) is 12.0. The molecule has 0 saturated heterocycles. The number of aliphatic hydroxyl groups excluding tert-OH is 1. The molecule has 1 rings (SSSR count). The van der Waals surface area contributed by atoms with Crippen molar-refractivity contribution in [2.45, 2.75) is 39.3 Å². The topological polar surface area (TPSA) is 49.3 Å². The highest BCUT2D eigenvalue weighted by Crippen LogP contribution is 2.06. The molecule has 0 saturated carbocycles. The fourth-order valence-corrected chi connectivity index (χ4v) is 1.43. The average Bonchev–Trinajstić information content (AvgIpc) is 2.25. The van der Waals surface area contributed by atoms with E-state index in [1.54, 1.807) is 6.92 Å². The summed E-state index contributed by atoms with van der Waals surface area (Å²) in [6, 6.07) is 7.97. The van der Waals surface area contributed by atoms with Crippen molar-refractivity contribution in [2.24, 2.45) is 0 Å². The predicted molar refractivity (Wildman–Crippen MR) is 63.9 cm³/mol. The molecule has 1 aromatic rings. The van der Waals surface area contributed by atoms with Gasteiger partial charge in [-0.15, -0.1) is 0 Å². The molecule has 1 atom stereocenters. The minimum absolute atomic E-state index is 0.0100. The van der Waals surface area contributed by atoms with Crippen molar-refractivity contribution in [2.75, 3.05) is 0 Å². The summed E-state index contributed by atoms with van der Waals surface area (Å²) in [7, 11) is 0. The molecule has 1 aromatic carbocycles. The number of rotatable bonds is 5. The summed E-state index contributed by atoms with van der Waals surface area (Å²) in [6.07, 6.45) is 0.479. The Hall–Kier alpha value is -1.35. The smallest absolute Gasteiger partial charge is 0.220 e. The fraction of sp³-hybridized carbons (Fsp3) is 0.462. The number of aliphatic hydroxyl groups is 1. The minimum Gasteiger partial charge on any atom is -0.393 e. The van der Waals surface area contributed by atoms with Crippen LogP contribution in [0.5, 0.6) is 0 Å². The molecule has 0 fully saturated rings. The van der Waals surface area contributed by atoms with E-state index in [0.29, 0.717) is 19.4 Å². The van der Waals surface area contributed by atoms with E-state index in [1.165, 1.54) is 5.56 Å². The van der Waals surface area contributed by atoms with Crippen LogP contribution in [0.25, 0.3) is 0 Å². The Labute approximate surface area is 96.5 Å². The molecule has 3 heteroatoms. The third-order valence-corrected chi connectivity index (χ3v) is 2.53. The summed E-state index contributed by atoms with van der Waals surface area (Å²) in [5.74, 6) is -0.0100. The largest absolute Gasteiger partial charge is 0.393 e. The van der Waals surface area contributed by atoms with Crippen LogP contribution in [0.1, 0.15) is 30.9 Å². The normalized spacial score (nSPS) is 12.2. The zero-order valence-corrected chi connectivity index (χ0v) is 9.86. The number of nitrogens with one attached hydrogen (secondary N) is 1. The third kappa shape index (κ3) is 4.45. The number of aryl methyl sites for hydroxylation is 1. The van der Waals surface area contributed by atoms with E-state index in [0.717, 1.165) is 5.56 Å². The maximum Gasteiger partial charge on any atom is 0.220 e. The van der Waals surface area contributed by atoms with Crippen molar-refractivity contribution in [3.05, 3.63) is 35.4 Å². The molecule has 0 radical (unpaired) electrons. The summed E-state index contributed by atoms with van der Waals surface area (Å²) in [4.78, 5) is 11.4. The van der Waals surface area contributed by atoms with Gasteiger partial charge in [-0.2, -0.15) is 0 Å². The summed E-state index contributed by atoms with van der Waals surface area (Å²) in [5, 5.41) is 11.9. The molecule has 0 spiro atoms. The first-order chi connectivity index (χ1) is 7.59. The second kappa shape index (κ2) is 6.28. The van der Waals surface area contributed by atoms with Crippen molar-refractivity contribution >= 4 is 5.91 Å². The van der Waals surface area contributed by atoms with Gasteiger partial charge in [-0.3, -0.25) is 4.79 Å². The van der Waals surface area contributed by atoms with E-state index < -0.39 is 6.10 Å². The lowest BCUT2D eigenvalue weighted by Crippen LogP contribution is -2.23. The number of amides is 1. The van der Waals surface area contributed by atoms with Crippen LogP contribution < -0.4 is 5.32 Å². The third-order valence-electron chi connectivity index (χ3n) is 2.53. The molecule has 88 valence electrons. The molecule has 2 N–H and O–H groups in total. The molecule has 1 amide bonds. The molecule has 0 aromatic heterocycles. The summed E-state index contributed by atoms with van der Waals surface area (Å²) in [6.45, 7) is 4.28. The van der Waals surface area contributed by atoms with Gasteiger partial charge in [-0.25, -0.2) is 0 Å². The van der Waals surface area contributed by atoms with Crippen molar-refractivity contribution in [1.29, 1.82) is 0 Å². The predicted octanol–water partition coefficient (Wildman–Crippen LogP) is 1.77. The van der Waals surface area contributed by atoms with Crippen LogP contribution in [0.4, 0.5) is 0 Å². The Bertz CT molecular complexity index is 348. The van der Waals surface area contributed by atoms with Crippen LogP contribution in [0, 0.1) is 6.92 Å². The molecular formula is C13H19NO2. The maximum atomic E-state index is 11.4. The van der Waals surface area contributed by atoms with E-state index >= 15 is 0 Å². The molecular weight excluding hydrogens is 202 g/mol. The van der Waals surface area contributed by atoms with Gasteiger partial charge in [0, 0.05) is 13.0 Å². The first kappa shape index (κ1) is 12.7. The van der Waals surface area contributed by atoms with Crippen LogP contribution in [-0.4, -0.2) is 17.1 Å². The van der Waals surface area contributed by atoms with Crippen molar-refractivity contribution in [3.8, 4) is 0 Å². The summed E-state index contributed by atoms with van der Waals surface area (Å²) in [5.41, 5.74) is 2.31. The number of carbonyl (C=O) groups excluding carboxylic acids is 1. The van der Waals surface area contributed by atoms with E-state index in [2.05, 4.69) is 5.32 Å². The van der Waals surface area contributed by atoms with Gasteiger partial charge < -0.3 is 10.4 Å². The molecule has 0 aliphatic rings. The quantitative estimate of drug-likeness (QED) is 0.796. The van der Waals surface area contributed by atoms with Gasteiger partial charge in [0.2, 0.25) is 5.91 Å². The monoisotopic (exact) mass is 221 g/mol. The van der Waals surface area contributed by atoms with Crippen LogP contribution >= 0.6 is 0 Å². The number of benzene rings is 1. The SMILES string of the molecule is Cc1ccccc1CNC(=O)CCC(C)O. The second-order valence-electron chi connectivity index (χ2n) is 4.09. The van der Waals surface area contributed by atoms with E-state index in [-0.39, 0.29) is 5.91 Å². The summed E-state index contributed by atoms with van der Waals surface area (Å²) < 4.78 is 0. The standard InChI is InChI=1S/C13H19NO2/c1-10-5-3-4-6-12(10)9-14-13(16)8-7-11(2)15/h3-6,11,15H,7-9H2,1-2H3,(H,14,16). The van der Waals surface area contributed by atoms with Gasteiger partial charge >= 0.3 is 0 Å². The van der Waals surface area contributed by atoms with E-state index in [4.69, 9.17) is 5.11 Å². The molecule has 0 aliphatic heterocycles. The lowest BCUT2D eigenvalue weighted by atomic mass is 10.1. The highest BCUT2D eigenvalue weighted by atomic mass is 16.3. The Morgan fingerprint density at radius 2 is 2.12 bits per heavy atom. The van der Waals surface area contributed by atoms with Gasteiger partial charge in [-0.05, 0) is 31.4 Å². The van der Waals surface area contributed by atoms with E-state index in [9.17, 15) is 4.79 Å². The second-order valence-corrected chi connectivity index (χ2v) is 4.09. The molecule has 3 nitrogen and oxygen atoms in total. The van der Waals surface area contributed by atoms with Crippen LogP contribution in [0.3, 0.4) is 0 Å².